The monoisotopic (exact) mass is 271 g/mol. The molecule has 0 unspecified atom stereocenters. The van der Waals surface area contributed by atoms with Gasteiger partial charge in [-0.25, -0.2) is 4.79 Å². The molecule has 1 aliphatic rings. The summed E-state index contributed by atoms with van der Waals surface area (Å²) in [5.74, 6) is 0. The summed E-state index contributed by atoms with van der Waals surface area (Å²) in [5, 5.41) is 7.16. The van der Waals surface area contributed by atoms with Gasteiger partial charge in [0, 0.05) is 35.1 Å². The number of benzene rings is 1. The van der Waals surface area contributed by atoms with Gasteiger partial charge >= 0.3 is 6.03 Å². The highest BCUT2D eigenvalue weighted by atomic mass is 16.2. The smallest absolute Gasteiger partial charge is 0.315 e. The van der Waals surface area contributed by atoms with Crippen LogP contribution in [0, 0.1) is 0 Å². The third-order valence-corrected chi connectivity index (χ3v) is 3.92. The first kappa shape index (κ1) is 13.0. The zero-order chi connectivity index (χ0) is 14.2. The molecule has 1 heterocycles. The van der Waals surface area contributed by atoms with Crippen molar-refractivity contribution in [2.24, 2.45) is 0 Å². The Morgan fingerprint density at radius 3 is 2.85 bits per heavy atom. The second-order valence-electron chi connectivity index (χ2n) is 6.23. The quantitative estimate of drug-likeness (QED) is 0.787. The van der Waals surface area contributed by atoms with Crippen LogP contribution in [-0.4, -0.2) is 23.6 Å². The van der Waals surface area contributed by atoms with Crippen molar-refractivity contribution < 1.29 is 4.79 Å². The minimum absolute atomic E-state index is 0.0552. The number of carbonyl (C=O) groups is 1. The van der Waals surface area contributed by atoms with E-state index in [2.05, 4.69) is 41.6 Å². The number of nitrogens with one attached hydrogen (secondary N) is 3. The van der Waals surface area contributed by atoms with E-state index in [0.29, 0.717) is 12.6 Å². The van der Waals surface area contributed by atoms with Crippen LogP contribution < -0.4 is 10.6 Å². The average molecular weight is 271 g/mol. The fraction of sp³-hybridized carbons (Fsp3) is 0.438. The summed E-state index contributed by atoms with van der Waals surface area (Å²) in [6, 6.07) is 8.60. The van der Waals surface area contributed by atoms with Crippen LogP contribution >= 0.6 is 0 Å². The number of carbonyl (C=O) groups excluding carboxylic acids is 1. The van der Waals surface area contributed by atoms with Crippen LogP contribution in [0.4, 0.5) is 4.79 Å². The summed E-state index contributed by atoms with van der Waals surface area (Å²) in [7, 11) is 0. The van der Waals surface area contributed by atoms with Crippen molar-refractivity contribution in [2.75, 3.05) is 6.54 Å². The summed E-state index contributed by atoms with van der Waals surface area (Å²) < 4.78 is 0. The molecule has 0 spiro atoms. The Balaban J connectivity index is 1.71. The molecule has 3 rings (SSSR count). The van der Waals surface area contributed by atoms with E-state index in [0.717, 1.165) is 18.4 Å². The van der Waals surface area contributed by atoms with Crippen molar-refractivity contribution >= 4 is 16.9 Å². The molecule has 0 bridgehead atoms. The Morgan fingerprint density at radius 1 is 1.35 bits per heavy atom. The highest BCUT2D eigenvalue weighted by molar-refractivity contribution is 5.84. The zero-order valence-corrected chi connectivity index (χ0v) is 12.0. The largest absolute Gasteiger partial charge is 0.361 e. The fourth-order valence-corrected chi connectivity index (χ4v) is 2.49. The van der Waals surface area contributed by atoms with E-state index in [1.807, 2.05) is 18.3 Å². The van der Waals surface area contributed by atoms with Gasteiger partial charge in [0.05, 0.1) is 0 Å². The summed E-state index contributed by atoms with van der Waals surface area (Å²) >= 11 is 0. The molecule has 20 heavy (non-hydrogen) atoms. The summed E-state index contributed by atoms with van der Waals surface area (Å²) in [6.45, 7) is 4.92. The summed E-state index contributed by atoms with van der Waals surface area (Å²) in [6.07, 6.45) is 4.27. The maximum absolute atomic E-state index is 11.7. The van der Waals surface area contributed by atoms with Gasteiger partial charge in [-0.05, 0) is 24.5 Å². The van der Waals surface area contributed by atoms with Crippen LogP contribution in [-0.2, 0) is 5.41 Å². The predicted octanol–water partition coefficient (Wildman–Crippen LogP) is 2.91. The molecule has 2 aromatic rings. The molecule has 1 aliphatic carbocycles. The van der Waals surface area contributed by atoms with Gasteiger partial charge in [-0.2, -0.15) is 0 Å². The number of urea groups is 1. The molecular weight excluding hydrogens is 250 g/mol. The van der Waals surface area contributed by atoms with Crippen LogP contribution in [0.5, 0.6) is 0 Å². The van der Waals surface area contributed by atoms with Gasteiger partial charge in [-0.3, -0.25) is 0 Å². The molecule has 4 nitrogen and oxygen atoms in total. The molecule has 0 saturated heterocycles. The number of hydrogen-bond acceptors (Lipinski definition) is 1. The van der Waals surface area contributed by atoms with Crippen LogP contribution in [0.15, 0.2) is 30.5 Å². The summed E-state index contributed by atoms with van der Waals surface area (Å²) in [5.41, 5.74) is 2.26. The van der Waals surface area contributed by atoms with Gasteiger partial charge in [0.15, 0.2) is 0 Å². The average Bonchev–Trinajstić information content (AvgIpc) is 3.12. The van der Waals surface area contributed by atoms with Crippen molar-refractivity contribution in [3.05, 3.63) is 36.0 Å². The lowest BCUT2D eigenvalue weighted by molar-refractivity contribution is 0.238. The van der Waals surface area contributed by atoms with E-state index in [1.54, 1.807) is 0 Å². The Bertz CT molecular complexity index is 625. The molecule has 0 radical (unpaired) electrons. The van der Waals surface area contributed by atoms with Gasteiger partial charge in [-0.1, -0.05) is 32.0 Å². The lowest BCUT2D eigenvalue weighted by atomic mass is 9.84. The molecule has 1 fully saturated rings. The van der Waals surface area contributed by atoms with Gasteiger partial charge in [0.1, 0.15) is 0 Å². The normalized spacial score (nSPS) is 15.3. The third-order valence-electron chi connectivity index (χ3n) is 3.92. The fourth-order valence-electron chi connectivity index (χ4n) is 2.49. The van der Waals surface area contributed by atoms with Gasteiger partial charge in [0.25, 0.3) is 0 Å². The molecule has 2 amide bonds. The molecule has 4 heteroatoms. The highest BCUT2D eigenvalue weighted by Gasteiger charge is 2.27. The molecule has 106 valence electrons. The number of rotatable bonds is 4. The second-order valence-corrected chi connectivity index (χ2v) is 6.23. The topological polar surface area (TPSA) is 56.9 Å². The van der Waals surface area contributed by atoms with Crippen LogP contribution in [0.1, 0.15) is 32.3 Å². The number of aromatic nitrogens is 1. The first-order valence-corrected chi connectivity index (χ1v) is 7.17. The molecular formula is C16H21N3O. The number of hydrogen-bond donors (Lipinski definition) is 3. The third kappa shape index (κ3) is 2.64. The Hall–Kier alpha value is -1.97. The second kappa shape index (κ2) is 4.85. The first-order chi connectivity index (χ1) is 9.56. The number of amides is 2. The van der Waals surface area contributed by atoms with E-state index in [-0.39, 0.29) is 11.4 Å². The Labute approximate surface area is 118 Å². The molecule has 1 saturated carbocycles. The lowest BCUT2D eigenvalue weighted by Gasteiger charge is -2.25. The first-order valence-electron chi connectivity index (χ1n) is 7.17. The maximum Gasteiger partial charge on any atom is 0.315 e. The SMILES string of the molecule is CC(C)(CNC(=O)NC1CC1)c1c[nH]c2ccccc12. The number of para-hydroxylation sites is 1. The Morgan fingerprint density at radius 2 is 2.10 bits per heavy atom. The predicted molar refractivity (Wildman–Crippen MR) is 80.9 cm³/mol. The van der Waals surface area contributed by atoms with E-state index in [9.17, 15) is 4.79 Å². The molecule has 0 atom stereocenters. The molecule has 0 aliphatic heterocycles. The minimum atomic E-state index is -0.111. The van der Waals surface area contributed by atoms with Gasteiger partial charge < -0.3 is 15.6 Å². The standard InChI is InChI=1S/C16H21N3O/c1-16(2,10-18-15(20)19-11-7-8-11)13-9-17-14-6-4-3-5-12(13)14/h3-6,9,11,17H,7-8,10H2,1-2H3,(H2,18,19,20). The molecule has 3 N–H and O–H groups in total. The lowest BCUT2D eigenvalue weighted by Crippen LogP contribution is -2.43. The number of fused-ring (bicyclic) bond motifs is 1. The number of aromatic amines is 1. The number of H-pyrrole nitrogens is 1. The van der Waals surface area contributed by atoms with Gasteiger partial charge in [-0.15, -0.1) is 0 Å². The molecule has 1 aromatic heterocycles. The van der Waals surface area contributed by atoms with Crippen molar-refractivity contribution in [1.82, 2.24) is 15.6 Å². The van der Waals surface area contributed by atoms with Crippen LogP contribution in [0.25, 0.3) is 10.9 Å². The summed E-state index contributed by atoms with van der Waals surface area (Å²) in [4.78, 5) is 15.0. The van der Waals surface area contributed by atoms with E-state index < -0.39 is 0 Å². The Kier molecular flexibility index (Phi) is 3.16. The van der Waals surface area contributed by atoms with Crippen molar-refractivity contribution in [1.29, 1.82) is 0 Å². The van der Waals surface area contributed by atoms with Crippen molar-refractivity contribution in [3.63, 3.8) is 0 Å². The molecule has 1 aromatic carbocycles. The van der Waals surface area contributed by atoms with E-state index in [1.165, 1.54) is 10.9 Å². The minimum Gasteiger partial charge on any atom is -0.361 e. The van der Waals surface area contributed by atoms with E-state index >= 15 is 0 Å². The van der Waals surface area contributed by atoms with Crippen molar-refractivity contribution in [2.45, 2.75) is 38.1 Å². The van der Waals surface area contributed by atoms with Crippen LogP contribution in [0.2, 0.25) is 0 Å². The zero-order valence-electron chi connectivity index (χ0n) is 12.0. The van der Waals surface area contributed by atoms with Crippen LogP contribution in [0.3, 0.4) is 0 Å². The maximum atomic E-state index is 11.7. The van der Waals surface area contributed by atoms with Crippen molar-refractivity contribution in [3.8, 4) is 0 Å². The highest BCUT2D eigenvalue weighted by Crippen LogP contribution is 2.29. The van der Waals surface area contributed by atoms with E-state index in [4.69, 9.17) is 0 Å². The van der Waals surface area contributed by atoms with Gasteiger partial charge in [0.2, 0.25) is 0 Å².